The molecule has 0 radical (unpaired) electrons. The van der Waals surface area contributed by atoms with Gasteiger partial charge < -0.3 is 14.6 Å². The van der Waals surface area contributed by atoms with Gasteiger partial charge in [-0.2, -0.15) is 0 Å². The van der Waals surface area contributed by atoms with Crippen LogP contribution in [-0.2, 0) is 27.4 Å². The molecule has 1 amide bonds. The SMILES string of the molecule is COC(=O)[C@H]([C@@H](C)O)N(Cc1ccccc1)C(=O)OCc1ccccc1. The third-order valence-corrected chi connectivity index (χ3v) is 3.87. The Morgan fingerprint density at radius 3 is 2.04 bits per heavy atom. The van der Waals surface area contributed by atoms with Crippen molar-refractivity contribution in [1.82, 2.24) is 4.90 Å². The van der Waals surface area contributed by atoms with Crippen LogP contribution in [0, 0.1) is 0 Å². The van der Waals surface area contributed by atoms with Gasteiger partial charge in [-0.25, -0.2) is 9.59 Å². The topological polar surface area (TPSA) is 76.1 Å². The summed E-state index contributed by atoms with van der Waals surface area (Å²) in [6.45, 7) is 1.61. The summed E-state index contributed by atoms with van der Waals surface area (Å²) in [6, 6.07) is 17.2. The number of carbonyl (C=O) groups excluding carboxylic acids is 2. The van der Waals surface area contributed by atoms with Crippen LogP contribution in [0.3, 0.4) is 0 Å². The van der Waals surface area contributed by atoms with E-state index in [9.17, 15) is 14.7 Å². The van der Waals surface area contributed by atoms with Crippen molar-refractivity contribution in [3.8, 4) is 0 Å². The average molecular weight is 357 g/mol. The van der Waals surface area contributed by atoms with Gasteiger partial charge in [0.1, 0.15) is 6.61 Å². The third kappa shape index (κ3) is 5.32. The summed E-state index contributed by atoms with van der Waals surface area (Å²) >= 11 is 0. The second kappa shape index (κ2) is 9.58. The first kappa shape index (κ1) is 19.5. The van der Waals surface area contributed by atoms with E-state index in [1.54, 1.807) is 0 Å². The number of hydrogen-bond donors (Lipinski definition) is 1. The van der Waals surface area contributed by atoms with Crippen LogP contribution in [0.1, 0.15) is 18.1 Å². The molecule has 138 valence electrons. The lowest BCUT2D eigenvalue weighted by atomic mass is 10.1. The Morgan fingerprint density at radius 2 is 1.54 bits per heavy atom. The van der Waals surface area contributed by atoms with Crippen LogP contribution < -0.4 is 0 Å². The maximum atomic E-state index is 12.7. The van der Waals surface area contributed by atoms with Crippen molar-refractivity contribution in [2.24, 2.45) is 0 Å². The number of ether oxygens (including phenoxy) is 2. The van der Waals surface area contributed by atoms with Gasteiger partial charge in [-0.15, -0.1) is 0 Å². The van der Waals surface area contributed by atoms with Crippen molar-refractivity contribution in [1.29, 1.82) is 0 Å². The molecule has 0 unspecified atom stereocenters. The molecule has 0 fully saturated rings. The predicted octanol–water partition coefficient (Wildman–Crippen LogP) is 2.75. The molecule has 0 spiro atoms. The van der Waals surface area contributed by atoms with Gasteiger partial charge in [-0.3, -0.25) is 4.90 Å². The lowest BCUT2D eigenvalue weighted by Crippen LogP contribution is -2.51. The van der Waals surface area contributed by atoms with Crippen molar-refractivity contribution in [3.05, 3.63) is 71.8 Å². The quantitative estimate of drug-likeness (QED) is 0.771. The fourth-order valence-electron chi connectivity index (χ4n) is 2.56. The molecule has 0 aromatic heterocycles. The lowest BCUT2D eigenvalue weighted by molar-refractivity contribution is -0.150. The molecule has 0 bridgehead atoms. The van der Waals surface area contributed by atoms with Gasteiger partial charge in [0, 0.05) is 0 Å². The van der Waals surface area contributed by atoms with Crippen molar-refractivity contribution in [2.45, 2.75) is 32.2 Å². The van der Waals surface area contributed by atoms with Crippen molar-refractivity contribution in [2.75, 3.05) is 7.11 Å². The van der Waals surface area contributed by atoms with E-state index >= 15 is 0 Å². The summed E-state index contributed by atoms with van der Waals surface area (Å²) in [5.41, 5.74) is 1.63. The summed E-state index contributed by atoms with van der Waals surface area (Å²) in [5.74, 6) is -0.701. The van der Waals surface area contributed by atoms with E-state index in [2.05, 4.69) is 0 Å². The van der Waals surface area contributed by atoms with Gasteiger partial charge in [0.25, 0.3) is 0 Å². The summed E-state index contributed by atoms with van der Waals surface area (Å²) in [7, 11) is 1.22. The highest BCUT2D eigenvalue weighted by Gasteiger charge is 2.35. The normalized spacial score (nSPS) is 12.7. The van der Waals surface area contributed by atoms with Gasteiger partial charge in [0.2, 0.25) is 0 Å². The number of aliphatic hydroxyl groups is 1. The Morgan fingerprint density at radius 1 is 1.00 bits per heavy atom. The van der Waals surface area contributed by atoms with Crippen LogP contribution in [0.25, 0.3) is 0 Å². The second-order valence-electron chi connectivity index (χ2n) is 5.86. The number of nitrogens with zero attached hydrogens (tertiary/aromatic N) is 1. The highest BCUT2D eigenvalue weighted by atomic mass is 16.6. The Balaban J connectivity index is 2.20. The first-order valence-corrected chi connectivity index (χ1v) is 8.30. The molecule has 0 aliphatic heterocycles. The average Bonchev–Trinajstić information content (AvgIpc) is 2.66. The number of esters is 1. The number of methoxy groups -OCH3 is 1. The van der Waals surface area contributed by atoms with Gasteiger partial charge in [-0.1, -0.05) is 60.7 Å². The molecular weight excluding hydrogens is 334 g/mol. The molecule has 6 nitrogen and oxygen atoms in total. The maximum absolute atomic E-state index is 12.7. The maximum Gasteiger partial charge on any atom is 0.411 e. The Kier molecular flexibility index (Phi) is 7.17. The predicted molar refractivity (Wildman–Crippen MR) is 96.1 cm³/mol. The van der Waals surface area contributed by atoms with Crippen LogP contribution in [0.5, 0.6) is 0 Å². The second-order valence-corrected chi connectivity index (χ2v) is 5.86. The van der Waals surface area contributed by atoms with Crippen molar-refractivity contribution < 1.29 is 24.2 Å². The van der Waals surface area contributed by atoms with Crippen molar-refractivity contribution in [3.63, 3.8) is 0 Å². The van der Waals surface area contributed by atoms with E-state index in [4.69, 9.17) is 9.47 Å². The Hall–Kier alpha value is -2.86. The highest BCUT2D eigenvalue weighted by Crippen LogP contribution is 2.15. The van der Waals surface area contributed by atoms with Crippen LogP contribution in [0.2, 0.25) is 0 Å². The highest BCUT2D eigenvalue weighted by molar-refractivity contribution is 5.82. The molecule has 1 N–H and O–H groups in total. The zero-order chi connectivity index (χ0) is 18.9. The molecule has 0 heterocycles. The number of aliphatic hydroxyl groups excluding tert-OH is 1. The molecule has 26 heavy (non-hydrogen) atoms. The van der Waals surface area contributed by atoms with Gasteiger partial charge >= 0.3 is 12.1 Å². The van der Waals surface area contributed by atoms with Crippen LogP contribution >= 0.6 is 0 Å². The van der Waals surface area contributed by atoms with Gasteiger partial charge in [0.15, 0.2) is 6.04 Å². The molecule has 0 saturated heterocycles. The summed E-state index contributed by atoms with van der Waals surface area (Å²) in [6.07, 6.45) is -1.82. The minimum absolute atomic E-state index is 0.0681. The molecular formula is C20H23NO5. The van der Waals surface area contributed by atoms with E-state index in [0.29, 0.717) is 0 Å². The van der Waals surface area contributed by atoms with E-state index in [-0.39, 0.29) is 13.2 Å². The van der Waals surface area contributed by atoms with Gasteiger partial charge in [-0.05, 0) is 18.1 Å². The summed E-state index contributed by atoms with van der Waals surface area (Å²) < 4.78 is 10.1. The lowest BCUT2D eigenvalue weighted by Gasteiger charge is -2.31. The minimum atomic E-state index is -1.16. The monoisotopic (exact) mass is 357 g/mol. The Labute approximate surface area is 153 Å². The fraction of sp³-hybridized carbons (Fsp3) is 0.300. The van der Waals surface area contributed by atoms with E-state index in [0.717, 1.165) is 11.1 Å². The van der Waals surface area contributed by atoms with E-state index in [1.165, 1.54) is 18.9 Å². The third-order valence-electron chi connectivity index (χ3n) is 3.87. The molecule has 0 saturated carbocycles. The molecule has 2 rings (SSSR count). The largest absolute Gasteiger partial charge is 0.467 e. The zero-order valence-corrected chi connectivity index (χ0v) is 14.9. The summed E-state index contributed by atoms with van der Waals surface area (Å²) in [4.78, 5) is 26.0. The number of hydrogen-bond acceptors (Lipinski definition) is 5. The molecule has 0 aliphatic rings. The zero-order valence-electron chi connectivity index (χ0n) is 14.9. The standard InChI is InChI=1S/C20H23NO5/c1-15(22)18(19(23)25-2)21(13-16-9-5-3-6-10-16)20(24)26-14-17-11-7-4-8-12-17/h3-12,15,18,22H,13-14H2,1-2H3/t15-,18+/m1/s1. The van der Waals surface area contributed by atoms with Crippen LogP contribution in [0.15, 0.2) is 60.7 Å². The Bertz CT molecular complexity index is 703. The first-order chi connectivity index (χ1) is 12.5. The van der Waals surface area contributed by atoms with Crippen LogP contribution in [-0.4, -0.2) is 41.3 Å². The number of rotatable bonds is 7. The first-order valence-electron chi connectivity index (χ1n) is 8.30. The number of amides is 1. The molecule has 2 aromatic rings. The van der Waals surface area contributed by atoms with E-state index in [1.807, 2.05) is 60.7 Å². The van der Waals surface area contributed by atoms with Crippen molar-refractivity contribution >= 4 is 12.1 Å². The molecule has 6 heteroatoms. The molecule has 0 aliphatic carbocycles. The molecule has 2 atom stereocenters. The fourth-order valence-corrected chi connectivity index (χ4v) is 2.56. The molecule has 2 aromatic carbocycles. The van der Waals surface area contributed by atoms with Crippen LogP contribution in [0.4, 0.5) is 4.79 Å². The number of carbonyl (C=O) groups is 2. The van der Waals surface area contributed by atoms with E-state index < -0.39 is 24.2 Å². The van der Waals surface area contributed by atoms with Gasteiger partial charge in [0.05, 0.1) is 19.8 Å². The minimum Gasteiger partial charge on any atom is -0.467 e. The number of benzene rings is 2. The smallest absolute Gasteiger partial charge is 0.411 e. The summed E-state index contributed by atoms with van der Waals surface area (Å²) in [5, 5.41) is 10.0.